The van der Waals surface area contributed by atoms with Gasteiger partial charge >= 0.3 is 5.97 Å². The Morgan fingerprint density at radius 1 is 1.16 bits per heavy atom. The van der Waals surface area contributed by atoms with Gasteiger partial charge in [-0.25, -0.2) is 9.78 Å². The van der Waals surface area contributed by atoms with Crippen molar-refractivity contribution in [1.82, 2.24) is 14.0 Å². The second-order valence-corrected chi connectivity index (χ2v) is 8.81. The summed E-state index contributed by atoms with van der Waals surface area (Å²) in [6.45, 7) is 7.30. The number of hydrogen-bond acceptors (Lipinski definition) is 7. The summed E-state index contributed by atoms with van der Waals surface area (Å²) in [5.74, 6) is -1.52. The number of amides is 1. The molecule has 0 aliphatic carbocycles. The van der Waals surface area contributed by atoms with Crippen molar-refractivity contribution in [3.8, 4) is 0 Å². The van der Waals surface area contributed by atoms with Crippen molar-refractivity contribution in [3.05, 3.63) is 91.3 Å². The maximum atomic E-state index is 13.4. The average molecular weight is 504 g/mol. The Morgan fingerprint density at radius 3 is 2.59 bits per heavy atom. The molecule has 0 N–H and O–H groups in total. The van der Waals surface area contributed by atoms with Gasteiger partial charge < -0.3 is 9.30 Å². The number of aromatic nitrogens is 3. The number of ether oxygens (including phenoxy) is 1. The van der Waals surface area contributed by atoms with Crippen molar-refractivity contribution in [2.24, 2.45) is 10.9 Å². The molecule has 190 valence electrons. The number of hydrogen-bond donors (Lipinski definition) is 0. The summed E-state index contributed by atoms with van der Waals surface area (Å²) in [5.41, 5.74) is 0.0686. The van der Waals surface area contributed by atoms with Crippen molar-refractivity contribution in [3.63, 3.8) is 0 Å². The van der Waals surface area contributed by atoms with E-state index in [1.54, 1.807) is 35.9 Å². The van der Waals surface area contributed by atoms with E-state index in [2.05, 4.69) is 9.98 Å². The van der Waals surface area contributed by atoms with Gasteiger partial charge in [0.15, 0.2) is 5.49 Å². The highest BCUT2D eigenvalue weighted by molar-refractivity contribution is 5.98. The number of nitro benzene ring substituents is 1. The molecule has 0 saturated carbocycles. The first-order valence-electron chi connectivity index (χ1n) is 11.7. The normalized spacial score (nSPS) is 11.9. The number of benzene rings is 1. The fourth-order valence-electron chi connectivity index (χ4n) is 4.10. The van der Waals surface area contributed by atoms with E-state index in [0.29, 0.717) is 5.65 Å². The number of carbonyl (C=O) groups is 2. The van der Waals surface area contributed by atoms with E-state index < -0.39 is 22.4 Å². The molecule has 0 spiro atoms. The molecule has 3 aromatic heterocycles. The van der Waals surface area contributed by atoms with Crippen molar-refractivity contribution in [1.29, 1.82) is 0 Å². The van der Waals surface area contributed by atoms with E-state index >= 15 is 0 Å². The molecule has 3 heterocycles. The van der Waals surface area contributed by atoms with Crippen LogP contribution in [0.1, 0.15) is 47.1 Å². The van der Waals surface area contributed by atoms with E-state index in [1.165, 1.54) is 35.6 Å². The van der Waals surface area contributed by atoms with Gasteiger partial charge in [0.1, 0.15) is 16.9 Å². The van der Waals surface area contributed by atoms with Crippen LogP contribution in [0.3, 0.4) is 0 Å². The lowest BCUT2D eigenvalue weighted by Crippen LogP contribution is -2.33. The van der Waals surface area contributed by atoms with Gasteiger partial charge in [-0.05, 0) is 44.0 Å². The van der Waals surface area contributed by atoms with Crippen LogP contribution in [-0.4, -0.2) is 37.4 Å². The molecule has 4 aromatic rings. The highest BCUT2D eigenvalue weighted by Gasteiger charge is 2.22. The Labute approximate surface area is 210 Å². The molecule has 4 rings (SSSR count). The highest BCUT2D eigenvalue weighted by Crippen LogP contribution is 2.22. The predicted molar refractivity (Wildman–Crippen MR) is 135 cm³/mol. The summed E-state index contributed by atoms with van der Waals surface area (Å²) in [7, 11) is 0. The first-order valence-corrected chi connectivity index (χ1v) is 11.7. The van der Waals surface area contributed by atoms with E-state index in [0.717, 1.165) is 0 Å². The fraction of sp³-hybridized carbons (Fsp3) is 0.269. The molecule has 0 radical (unpaired) electrons. The molecule has 0 atom stereocenters. The largest absolute Gasteiger partial charge is 0.462 e. The molecule has 1 aromatic carbocycles. The van der Waals surface area contributed by atoms with Crippen molar-refractivity contribution < 1.29 is 19.2 Å². The van der Waals surface area contributed by atoms with Gasteiger partial charge in [0.25, 0.3) is 17.2 Å². The van der Waals surface area contributed by atoms with Gasteiger partial charge in [-0.15, -0.1) is 0 Å². The Balaban J connectivity index is 2.13. The molecular weight excluding hydrogens is 478 g/mol. The van der Waals surface area contributed by atoms with Crippen LogP contribution in [-0.2, 0) is 11.3 Å². The molecule has 0 aliphatic heterocycles. The van der Waals surface area contributed by atoms with Gasteiger partial charge in [-0.3, -0.25) is 24.1 Å². The average Bonchev–Trinajstić information content (AvgIpc) is 2.85. The number of esters is 1. The zero-order valence-corrected chi connectivity index (χ0v) is 20.8. The summed E-state index contributed by atoms with van der Waals surface area (Å²) < 4.78 is 8.15. The predicted octanol–water partition coefficient (Wildman–Crippen LogP) is 3.44. The number of nitrogens with zero attached hydrogens (tertiary/aromatic N) is 5. The first kappa shape index (κ1) is 25.4. The van der Waals surface area contributed by atoms with E-state index in [-0.39, 0.29) is 58.0 Å². The van der Waals surface area contributed by atoms with Gasteiger partial charge in [0.2, 0.25) is 0 Å². The molecule has 0 fully saturated rings. The van der Waals surface area contributed by atoms with Crippen molar-refractivity contribution in [2.45, 2.75) is 34.2 Å². The summed E-state index contributed by atoms with van der Waals surface area (Å²) in [6.07, 6.45) is 1.58. The number of fused-ring (bicyclic) bond motifs is 2. The molecule has 0 saturated heterocycles. The van der Waals surface area contributed by atoms with Crippen LogP contribution in [0.5, 0.6) is 0 Å². The molecule has 1 amide bonds. The minimum absolute atomic E-state index is 0.0188. The van der Waals surface area contributed by atoms with Crippen LogP contribution in [0.4, 0.5) is 5.69 Å². The minimum atomic E-state index is -0.777. The zero-order valence-electron chi connectivity index (χ0n) is 20.8. The highest BCUT2D eigenvalue weighted by atomic mass is 16.6. The van der Waals surface area contributed by atoms with E-state index in [1.807, 2.05) is 13.8 Å². The standard InChI is InChI=1S/C26H25N5O6/c1-5-37-26(34)19-13-18-22(27-21-11-6-7-12-29(21)25(18)33)30(14-15(2)3)23(19)28-24(32)17-9-8-10-20(16(17)4)31(35)36/h6-13,15H,5,14H2,1-4H3. The van der Waals surface area contributed by atoms with Gasteiger partial charge in [0.05, 0.1) is 22.5 Å². The van der Waals surface area contributed by atoms with Crippen LogP contribution in [0.2, 0.25) is 0 Å². The zero-order chi connectivity index (χ0) is 26.9. The van der Waals surface area contributed by atoms with Crippen molar-refractivity contribution >= 4 is 34.2 Å². The van der Waals surface area contributed by atoms with Crippen LogP contribution in [0.15, 0.2) is 58.4 Å². The smallest absolute Gasteiger partial charge is 0.341 e. The third-order valence-corrected chi connectivity index (χ3v) is 5.77. The molecular formula is C26H25N5O6. The van der Waals surface area contributed by atoms with Crippen LogP contribution >= 0.6 is 0 Å². The first-order chi connectivity index (χ1) is 17.6. The van der Waals surface area contributed by atoms with Crippen LogP contribution in [0.25, 0.3) is 16.7 Å². The number of pyridine rings is 2. The molecule has 0 unspecified atom stereocenters. The lowest BCUT2D eigenvalue weighted by molar-refractivity contribution is -0.385. The van der Waals surface area contributed by atoms with Gasteiger partial charge in [-0.2, -0.15) is 4.99 Å². The van der Waals surface area contributed by atoms with E-state index in [9.17, 15) is 24.5 Å². The topological polar surface area (TPSA) is 138 Å². The Bertz CT molecular complexity index is 1700. The molecule has 11 heteroatoms. The molecule has 0 bridgehead atoms. The summed E-state index contributed by atoms with van der Waals surface area (Å²) in [4.78, 5) is 59.5. The molecule has 0 aliphatic rings. The minimum Gasteiger partial charge on any atom is -0.462 e. The number of carbonyl (C=O) groups excluding carboxylic acids is 2. The lowest BCUT2D eigenvalue weighted by Gasteiger charge is -2.16. The molecule has 11 nitrogen and oxygen atoms in total. The SMILES string of the molecule is CCOC(=O)c1cc2c(=O)n3ccccc3nc2n(CC(C)C)c1=NC(=O)c1cccc([N+](=O)[O-])c1C. The summed E-state index contributed by atoms with van der Waals surface area (Å²) in [6, 6.07) is 10.6. The lowest BCUT2D eigenvalue weighted by atomic mass is 10.1. The van der Waals surface area contributed by atoms with Crippen LogP contribution in [0, 0.1) is 23.0 Å². The third-order valence-electron chi connectivity index (χ3n) is 5.77. The number of rotatable bonds is 6. The fourth-order valence-corrected chi connectivity index (χ4v) is 4.10. The van der Waals surface area contributed by atoms with Gasteiger partial charge in [0, 0.05) is 24.4 Å². The maximum Gasteiger partial charge on any atom is 0.341 e. The molecule has 37 heavy (non-hydrogen) atoms. The summed E-state index contributed by atoms with van der Waals surface area (Å²) >= 11 is 0. The monoisotopic (exact) mass is 503 g/mol. The third kappa shape index (κ3) is 4.75. The Kier molecular flexibility index (Phi) is 6.96. The second kappa shape index (κ2) is 10.1. The van der Waals surface area contributed by atoms with Crippen LogP contribution < -0.4 is 11.0 Å². The Hall–Kier alpha value is -4.67. The quantitative estimate of drug-likeness (QED) is 0.170. The number of nitro groups is 1. The Morgan fingerprint density at radius 2 is 1.92 bits per heavy atom. The van der Waals surface area contributed by atoms with Gasteiger partial charge in [-0.1, -0.05) is 26.0 Å². The van der Waals surface area contributed by atoms with E-state index in [4.69, 9.17) is 4.74 Å². The summed E-state index contributed by atoms with van der Waals surface area (Å²) in [5, 5.41) is 11.5. The second-order valence-electron chi connectivity index (χ2n) is 8.81. The maximum absolute atomic E-state index is 13.4. The van der Waals surface area contributed by atoms with Crippen molar-refractivity contribution in [2.75, 3.05) is 6.61 Å².